The Morgan fingerprint density at radius 3 is 2.42 bits per heavy atom. The van der Waals surface area contributed by atoms with Gasteiger partial charge < -0.3 is 10.2 Å². The van der Waals surface area contributed by atoms with Gasteiger partial charge in [0.25, 0.3) is 0 Å². The van der Waals surface area contributed by atoms with Gasteiger partial charge in [-0.2, -0.15) is 0 Å². The molecule has 3 heteroatoms. The van der Waals surface area contributed by atoms with E-state index in [0.29, 0.717) is 6.54 Å². The molecule has 1 aromatic carbocycles. The van der Waals surface area contributed by atoms with Gasteiger partial charge in [0, 0.05) is 17.5 Å². The Labute approximate surface area is 115 Å². The lowest BCUT2D eigenvalue weighted by Crippen LogP contribution is -2.25. The normalized spacial score (nSPS) is 11.6. The van der Waals surface area contributed by atoms with Crippen molar-refractivity contribution in [3.05, 3.63) is 35.6 Å². The van der Waals surface area contributed by atoms with Crippen LogP contribution >= 0.6 is 0 Å². The average Bonchev–Trinajstić information content (AvgIpc) is 2.78. The zero-order valence-electron chi connectivity index (χ0n) is 12.0. The van der Waals surface area contributed by atoms with Crippen LogP contribution < -0.4 is 5.73 Å². The van der Waals surface area contributed by atoms with Crippen LogP contribution in [0.25, 0.3) is 11.0 Å². The van der Waals surface area contributed by atoms with Gasteiger partial charge in [-0.15, -0.1) is 0 Å². The zero-order valence-corrected chi connectivity index (χ0v) is 12.0. The van der Waals surface area contributed by atoms with Crippen LogP contribution in [0.3, 0.4) is 0 Å². The second-order valence-electron chi connectivity index (χ2n) is 4.98. The molecule has 0 unspecified atom stereocenters. The summed E-state index contributed by atoms with van der Waals surface area (Å²) in [5, 5.41) is 1.21. The minimum absolute atomic E-state index is 0.468. The van der Waals surface area contributed by atoms with E-state index in [2.05, 4.69) is 30.9 Å². The molecule has 0 spiro atoms. The largest absolute Gasteiger partial charge is 0.459 e. The van der Waals surface area contributed by atoms with Crippen molar-refractivity contribution >= 4 is 11.0 Å². The predicted molar refractivity (Wildman–Crippen MR) is 80.0 cm³/mol. The van der Waals surface area contributed by atoms with Crippen LogP contribution in [0, 0.1) is 0 Å². The molecule has 0 radical (unpaired) electrons. The van der Waals surface area contributed by atoms with E-state index in [1.165, 1.54) is 23.8 Å². The van der Waals surface area contributed by atoms with Crippen LogP contribution in [0.1, 0.15) is 38.0 Å². The fraction of sp³-hybridized carbons (Fsp3) is 0.500. The summed E-state index contributed by atoms with van der Waals surface area (Å²) >= 11 is 0. The second-order valence-corrected chi connectivity index (χ2v) is 4.98. The predicted octanol–water partition coefficient (Wildman–Crippen LogP) is 3.51. The van der Waals surface area contributed by atoms with E-state index in [0.717, 1.165) is 31.0 Å². The monoisotopic (exact) mass is 260 g/mol. The molecular formula is C16H24N2O. The molecule has 0 saturated heterocycles. The molecular weight excluding hydrogens is 236 g/mol. The number of rotatable bonds is 7. The number of benzene rings is 1. The van der Waals surface area contributed by atoms with Crippen LogP contribution in [-0.4, -0.2) is 18.0 Å². The zero-order chi connectivity index (χ0) is 13.7. The highest BCUT2D eigenvalue weighted by molar-refractivity contribution is 5.82. The molecule has 0 fully saturated rings. The molecule has 19 heavy (non-hydrogen) atoms. The summed E-state index contributed by atoms with van der Waals surface area (Å²) in [5.74, 6) is 0.929. The Morgan fingerprint density at radius 2 is 1.79 bits per heavy atom. The quantitative estimate of drug-likeness (QED) is 0.828. The average molecular weight is 260 g/mol. The topological polar surface area (TPSA) is 42.4 Å². The van der Waals surface area contributed by atoms with Crippen LogP contribution in [0.15, 0.2) is 28.7 Å². The highest BCUT2D eigenvalue weighted by atomic mass is 16.3. The van der Waals surface area contributed by atoms with Gasteiger partial charge in [0.05, 0.1) is 6.54 Å². The molecule has 2 rings (SSSR count). The van der Waals surface area contributed by atoms with Crippen molar-refractivity contribution in [1.29, 1.82) is 0 Å². The van der Waals surface area contributed by atoms with Gasteiger partial charge in [-0.3, -0.25) is 4.90 Å². The van der Waals surface area contributed by atoms with E-state index in [1.807, 2.05) is 12.1 Å². The number of hydrogen-bond donors (Lipinski definition) is 1. The Kier molecular flexibility index (Phi) is 5.00. The summed E-state index contributed by atoms with van der Waals surface area (Å²) in [6, 6.07) is 8.21. The van der Waals surface area contributed by atoms with Gasteiger partial charge in [0.2, 0.25) is 0 Å². The third-order valence-corrected chi connectivity index (χ3v) is 3.43. The minimum atomic E-state index is 0.468. The first kappa shape index (κ1) is 14.1. The molecule has 0 saturated carbocycles. The highest BCUT2D eigenvalue weighted by Gasteiger charge is 2.15. The Morgan fingerprint density at radius 1 is 1.11 bits per heavy atom. The van der Waals surface area contributed by atoms with Crippen molar-refractivity contribution in [2.24, 2.45) is 5.73 Å². The number of para-hydroxylation sites is 1. The molecule has 0 aliphatic heterocycles. The summed E-state index contributed by atoms with van der Waals surface area (Å²) in [7, 11) is 0. The molecule has 104 valence electrons. The molecule has 2 aromatic rings. The maximum Gasteiger partial charge on any atom is 0.134 e. The molecule has 0 aliphatic carbocycles. The third-order valence-electron chi connectivity index (χ3n) is 3.43. The molecule has 0 aliphatic rings. The number of fused-ring (bicyclic) bond motifs is 1. The molecule has 0 bridgehead atoms. The summed E-state index contributed by atoms with van der Waals surface area (Å²) in [6.07, 6.45) is 2.35. The molecule has 0 amide bonds. The number of hydrogen-bond acceptors (Lipinski definition) is 3. The lowest BCUT2D eigenvalue weighted by molar-refractivity contribution is 0.265. The van der Waals surface area contributed by atoms with E-state index < -0.39 is 0 Å². The van der Waals surface area contributed by atoms with E-state index in [9.17, 15) is 0 Å². The maximum absolute atomic E-state index is 5.85. The fourth-order valence-electron chi connectivity index (χ4n) is 2.61. The van der Waals surface area contributed by atoms with Crippen molar-refractivity contribution in [2.45, 2.75) is 39.8 Å². The van der Waals surface area contributed by atoms with E-state index in [1.54, 1.807) is 0 Å². The van der Waals surface area contributed by atoms with Gasteiger partial charge in [-0.25, -0.2) is 0 Å². The Hall–Kier alpha value is -1.32. The van der Waals surface area contributed by atoms with Crippen molar-refractivity contribution < 1.29 is 4.42 Å². The first-order valence-corrected chi connectivity index (χ1v) is 7.21. The standard InChI is InChI=1S/C16H24N2O/c1-3-9-18(10-4-2)12-14-13-7-5-6-8-15(13)19-16(14)11-17/h5-8H,3-4,9-12,17H2,1-2H3. The van der Waals surface area contributed by atoms with Crippen LogP contribution in [0.2, 0.25) is 0 Å². The molecule has 1 heterocycles. The summed E-state index contributed by atoms with van der Waals surface area (Å²) in [6.45, 7) is 8.09. The van der Waals surface area contributed by atoms with Gasteiger partial charge in [0.15, 0.2) is 0 Å². The first-order valence-electron chi connectivity index (χ1n) is 7.21. The number of nitrogens with zero attached hydrogens (tertiary/aromatic N) is 1. The van der Waals surface area contributed by atoms with Crippen molar-refractivity contribution in [1.82, 2.24) is 4.90 Å². The Balaban J connectivity index is 2.31. The van der Waals surface area contributed by atoms with Gasteiger partial charge in [0.1, 0.15) is 11.3 Å². The van der Waals surface area contributed by atoms with Crippen LogP contribution in [-0.2, 0) is 13.1 Å². The molecule has 0 atom stereocenters. The lowest BCUT2D eigenvalue weighted by atomic mass is 10.1. The summed E-state index contributed by atoms with van der Waals surface area (Å²) < 4.78 is 5.85. The van der Waals surface area contributed by atoms with Gasteiger partial charge in [-0.05, 0) is 32.0 Å². The minimum Gasteiger partial charge on any atom is -0.459 e. The summed E-state index contributed by atoms with van der Waals surface area (Å²) in [5.41, 5.74) is 8.04. The molecule has 2 N–H and O–H groups in total. The SMILES string of the molecule is CCCN(CCC)Cc1c(CN)oc2ccccc12. The van der Waals surface area contributed by atoms with Crippen molar-refractivity contribution in [3.63, 3.8) is 0 Å². The third kappa shape index (κ3) is 3.17. The van der Waals surface area contributed by atoms with Crippen LogP contribution in [0.4, 0.5) is 0 Å². The summed E-state index contributed by atoms with van der Waals surface area (Å²) in [4.78, 5) is 2.48. The number of furan rings is 1. The van der Waals surface area contributed by atoms with E-state index in [-0.39, 0.29) is 0 Å². The van der Waals surface area contributed by atoms with Crippen molar-refractivity contribution in [2.75, 3.05) is 13.1 Å². The van der Waals surface area contributed by atoms with Crippen LogP contribution in [0.5, 0.6) is 0 Å². The fourth-order valence-corrected chi connectivity index (χ4v) is 2.61. The number of nitrogens with two attached hydrogens (primary N) is 1. The Bertz CT molecular complexity index is 512. The second kappa shape index (κ2) is 6.73. The van der Waals surface area contributed by atoms with Gasteiger partial charge in [-0.1, -0.05) is 32.0 Å². The maximum atomic E-state index is 5.85. The smallest absolute Gasteiger partial charge is 0.134 e. The van der Waals surface area contributed by atoms with E-state index in [4.69, 9.17) is 10.2 Å². The lowest BCUT2D eigenvalue weighted by Gasteiger charge is -2.20. The van der Waals surface area contributed by atoms with E-state index >= 15 is 0 Å². The van der Waals surface area contributed by atoms with Crippen molar-refractivity contribution in [3.8, 4) is 0 Å². The first-order chi connectivity index (χ1) is 9.30. The molecule has 3 nitrogen and oxygen atoms in total. The van der Waals surface area contributed by atoms with Gasteiger partial charge >= 0.3 is 0 Å². The highest BCUT2D eigenvalue weighted by Crippen LogP contribution is 2.27. The molecule has 1 aromatic heterocycles.